The van der Waals surface area contributed by atoms with E-state index in [0.717, 1.165) is 37.1 Å². The Bertz CT molecular complexity index is 837. The fraction of sp³-hybridized carbons (Fsp3) is 0.429. The van der Waals surface area contributed by atoms with Crippen LogP contribution in [0.1, 0.15) is 30.0 Å². The molecule has 2 aromatic rings. The van der Waals surface area contributed by atoms with Crippen LogP contribution in [0.4, 0.5) is 0 Å². The summed E-state index contributed by atoms with van der Waals surface area (Å²) in [6, 6.07) is 7.03. The number of likely N-dealkylation sites (tertiary alicyclic amines) is 1. The Morgan fingerprint density at radius 3 is 2.07 bits per heavy atom. The van der Waals surface area contributed by atoms with Crippen LogP contribution >= 0.6 is 0 Å². The number of rotatable bonds is 6. The van der Waals surface area contributed by atoms with Crippen molar-refractivity contribution >= 4 is 0 Å². The molecule has 0 aliphatic carbocycles. The molecule has 1 fully saturated rings. The summed E-state index contributed by atoms with van der Waals surface area (Å²) in [6.07, 6.45) is 2.27. The molecule has 0 aromatic heterocycles. The molecule has 0 radical (unpaired) electrons. The van der Waals surface area contributed by atoms with Crippen LogP contribution in [0.3, 0.4) is 0 Å². The zero-order valence-electron chi connectivity index (χ0n) is 16.4. The van der Waals surface area contributed by atoms with Crippen LogP contribution in [0.5, 0.6) is 34.5 Å². The summed E-state index contributed by atoms with van der Waals surface area (Å²) >= 11 is 0. The highest BCUT2D eigenvalue weighted by atomic mass is 16.7. The van der Waals surface area contributed by atoms with E-state index in [1.165, 1.54) is 4.90 Å². The summed E-state index contributed by atoms with van der Waals surface area (Å²) in [7, 11) is 4.88. The molecule has 0 unspecified atom stereocenters. The molecule has 2 heterocycles. The highest BCUT2D eigenvalue weighted by Crippen LogP contribution is 2.45. The molecule has 7 heteroatoms. The normalized spacial score (nSPS) is 16.8. The third-order valence-corrected chi connectivity index (χ3v) is 5.53. The molecule has 2 aliphatic heterocycles. The van der Waals surface area contributed by atoms with E-state index in [1.54, 1.807) is 27.4 Å². The predicted molar refractivity (Wildman–Crippen MR) is 102 cm³/mol. The average Bonchev–Trinajstić information content (AvgIpc) is 3.40. The van der Waals surface area contributed by atoms with Gasteiger partial charge in [-0.1, -0.05) is 0 Å². The van der Waals surface area contributed by atoms with E-state index in [4.69, 9.17) is 23.7 Å². The number of phenols is 1. The highest BCUT2D eigenvalue weighted by Gasteiger charge is 2.37. The van der Waals surface area contributed by atoms with E-state index in [9.17, 15) is 5.11 Å². The van der Waals surface area contributed by atoms with Crippen molar-refractivity contribution in [2.45, 2.75) is 18.9 Å². The van der Waals surface area contributed by atoms with E-state index in [-0.39, 0.29) is 18.6 Å². The maximum Gasteiger partial charge on any atom is 0.231 e. The van der Waals surface area contributed by atoms with Gasteiger partial charge in [0.15, 0.2) is 11.5 Å². The summed E-state index contributed by atoms with van der Waals surface area (Å²) in [6.45, 7) is 2.16. The fourth-order valence-corrected chi connectivity index (χ4v) is 4.19. The van der Waals surface area contributed by atoms with Gasteiger partial charge in [0.05, 0.1) is 45.5 Å². The second-order valence-electron chi connectivity index (χ2n) is 7.01. The second kappa shape index (κ2) is 7.67. The molecule has 0 amide bonds. The summed E-state index contributed by atoms with van der Waals surface area (Å²) in [5.74, 6) is 3.36. The first kappa shape index (κ1) is 18.6. The van der Waals surface area contributed by atoms with Crippen LogP contribution < -0.4 is 28.6 Å². The quantitative estimate of drug-likeness (QED) is 0.788. The van der Waals surface area contributed by atoms with E-state index in [0.29, 0.717) is 28.7 Å². The number of phenolic OH excluding ortho intramolecular Hbond substituents is 1. The lowest BCUT2D eigenvalue weighted by atomic mass is 9.94. The van der Waals surface area contributed by atoms with E-state index in [1.807, 2.05) is 18.2 Å². The predicted octanol–water partition coefficient (Wildman–Crippen LogP) is 1.91. The number of nitrogens with one attached hydrogen (secondary N) is 1. The van der Waals surface area contributed by atoms with Crippen molar-refractivity contribution < 1.29 is 33.7 Å². The van der Waals surface area contributed by atoms with Crippen LogP contribution in [-0.2, 0) is 0 Å². The maximum absolute atomic E-state index is 10.8. The van der Waals surface area contributed by atoms with Crippen LogP contribution in [0.2, 0.25) is 0 Å². The molecule has 28 heavy (non-hydrogen) atoms. The zero-order chi connectivity index (χ0) is 19.7. The molecular weight excluding hydrogens is 362 g/mol. The molecule has 150 valence electrons. The Hall–Kier alpha value is -2.80. The molecule has 2 aliphatic rings. The van der Waals surface area contributed by atoms with Gasteiger partial charge in [0, 0.05) is 31.0 Å². The van der Waals surface area contributed by atoms with Crippen molar-refractivity contribution in [3.8, 4) is 34.5 Å². The number of quaternary nitrogens is 1. The molecule has 2 aromatic carbocycles. The Balaban J connectivity index is 1.91. The van der Waals surface area contributed by atoms with Gasteiger partial charge in [-0.15, -0.1) is 0 Å². The number of ether oxygens (including phenoxy) is 5. The van der Waals surface area contributed by atoms with Crippen molar-refractivity contribution in [2.24, 2.45) is 0 Å². The number of fused-ring (bicyclic) bond motifs is 1. The number of benzene rings is 2. The fourth-order valence-electron chi connectivity index (χ4n) is 4.19. The average molecular weight is 388 g/mol. The minimum Gasteiger partial charge on any atom is -0.507 e. The Morgan fingerprint density at radius 1 is 0.893 bits per heavy atom. The van der Waals surface area contributed by atoms with E-state index < -0.39 is 0 Å². The second-order valence-corrected chi connectivity index (χ2v) is 7.01. The molecule has 7 nitrogen and oxygen atoms in total. The lowest BCUT2D eigenvalue weighted by Crippen LogP contribution is -3.10. The van der Waals surface area contributed by atoms with Gasteiger partial charge in [-0.2, -0.15) is 0 Å². The SMILES string of the molecule is COc1cc(OC)c([C@H](c2cc3c(cc2O)OCO3)[NH+]2CCCC2)c(OC)c1. The molecule has 1 saturated heterocycles. The number of methoxy groups -OCH3 is 3. The van der Waals surface area contributed by atoms with Gasteiger partial charge >= 0.3 is 0 Å². The molecule has 0 spiro atoms. The molecule has 0 saturated carbocycles. The lowest BCUT2D eigenvalue weighted by molar-refractivity contribution is -0.913. The molecule has 2 N–H and O–H groups in total. The first-order valence-corrected chi connectivity index (χ1v) is 9.43. The highest BCUT2D eigenvalue weighted by molar-refractivity contribution is 5.58. The van der Waals surface area contributed by atoms with E-state index >= 15 is 0 Å². The number of hydrogen-bond donors (Lipinski definition) is 2. The van der Waals surface area contributed by atoms with Crippen LogP contribution in [0.15, 0.2) is 24.3 Å². The monoisotopic (exact) mass is 388 g/mol. The van der Waals surface area contributed by atoms with Gasteiger partial charge < -0.3 is 33.7 Å². The Kier molecular flexibility index (Phi) is 5.09. The third-order valence-electron chi connectivity index (χ3n) is 5.53. The molecule has 4 rings (SSSR count). The minimum atomic E-state index is -0.173. The zero-order valence-corrected chi connectivity index (χ0v) is 16.4. The minimum absolute atomic E-state index is 0.161. The summed E-state index contributed by atoms with van der Waals surface area (Å²) in [5.41, 5.74) is 1.65. The van der Waals surface area contributed by atoms with Crippen molar-refractivity contribution in [3.05, 3.63) is 35.4 Å². The third kappa shape index (κ3) is 3.16. The van der Waals surface area contributed by atoms with Crippen LogP contribution in [0, 0.1) is 0 Å². The van der Waals surface area contributed by atoms with Crippen LogP contribution in [0.25, 0.3) is 0 Å². The van der Waals surface area contributed by atoms with Gasteiger partial charge in [-0.05, 0) is 6.07 Å². The Labute approximate surface area is 164 Å². The summed E-state index contributed by atoms with van der Waals surface area (Å²) < 4.78 is 27.8. The van der Waals surface area contributed by atoms with Crippen molar-refractivity contribution in [1.29, 1.82) is 0 Å². The van der Waals surface area contributed by atoms with Crippen molar-refractivity contribution in [1.82, 2.24) is 0 Å². The number of hydrogen-bond acceptors (Lipinski definition) is 6. The maximum atomic E-state index is 10.8. The first-order valence-electron chi connectivity index (χ1n) is 9.43. The van der Waals surface area contributed by atoms with Crippen molar-refractivity contribution in [2.75, 3.05) is 41.2 Å². The smallest absolute Gasteiger partial charge is 0.231 e. The van der Waals surface area contributed by atoms with Gasteiger partial charge in [0.2, 0.25) is 6.79 Å². The first-order chi connectivity index (χ1) is 13.7. The van der Waals surface area contributed by atoms with Gasteiger partial charge in [0.25, 0.3) is 0 Å². The topological polar surface area (TPSA) is 70.8 Å². The van der Waals surface area contributed by atoms with E-state index in [2.05, 4.69) is 0 Å². The van der Waals surface area contributed by atoms with Crippen LogP contribution in [-0.4, -0.2) is 46.3 Å². The Morgan fingerprint density at radius 2 is 1.50 bits per heavy atom. The molecule has 1 atom stereocenters. The summed E-state index contributed by atoms with van der Waals surface area (Å²) in [4.78, 5) is 1.34. The van der Waals surface area contributed by atoms with Crippen molar-refractivity contribution in [3.63, 3.8) is 0 Å². The summed E-state index contributed by atoms with van der Waals surface area (Å²) in [5, 5.41) is 10.8. The molecule has 0 bridgehead atoms. The molecular formula is C21H26NO6+. The van der Waals surface area contributed by atoms with Gasteiger partial charge in [0.1, 0.15) is 29.0 Å². The standard InChI is InChI=1S/C21H25NO6/c1-24-13-8-18(25-2)20(19(9-13)26-3)21(22-6-4-5-7-22)14-10-16-17(11-15(14)23)28-12-27-16/h8-11,21,23H,4-7,12H2,1-3H3/p+1/t21-/m0/s1. The largest absolute Gasteiger partial charge is 0.507 e. The van der Waals surface area contributed by atoms with Gasteiger partial charge in [-0.3, -0.25) is 0 Å². The number of aromatic hydroxyl groups is 1. The lowest BCUT2D eigenvalue weighted by Gasteiger charge is -2.28. The van der Waals surface area contributed by atoms with Gasteiger partial charge in [-0.25, -0.2) is 0 Å².